The lowest BCUT2D eigenvalue weighted by Crippen LogP contribution is -2.09. The second-order valence-electron chi connectivity index (χ2n) is 6.49. The predicted octanol–water partition coefficient (Wildman–Crippen LogP) is 5.00. The molecule has 3 heterocycles. The number of carbonyl (C=O) groups excluding carboxylic acids is 1. The van der Waals surface area contributed by atoms with Gasteiger partial charge in [0.1, 0.15) is 0 Å². The maximum Gasteiger partial charge on any atom is 0.191 e. The third-order valence-corrected chi connectivity index (χ3v) is 6.24. The van der Waals surface area contributed by atoms with Crippen LogP contribution in [0, 0.1) is 13.8 Å². The number of thiophene rings is 1. The van der Waals surface area contributed by atoms with E-state index in [1.54, 1.807) is 11.3 Å². The van der Waals surface area contributed by atoms with Crippen molar-refractivity contribution in [1.82, 2.24) is 19.3 Å². The summed E-state index contributed by atoms with van der Waals surface area (Å²) in [6, 6.07) is 6.40. The van der Waals surface area contributed by atoms with Crippen LogP contribution in [0.15, 0.2) is 28.7 Å². The molecule has 0 atom stereocenters. The molecule has 0 radical (unpaired) electrons. The Morgan fingerprint density at radius 3 is 2.65 bits per heavy atom. The number of Topliss-reactive ketones (excluding diaryl/α,β-unsaturated/α-hetero) is 1. The van der Waals surface area contributed by atoms with Crippen LogP contribution in [0.1, 0.15) is 48.6 Å². The Hall–Kier alpha value is -1.86. The fourth-order valence-corrected chi connectivity index (χ4v) is 4.93. The van der Waals surface area contributed by atoms with E-state index in [0.717, 1.165) is 39.4 Å². The molecule has 0 saturated carbocycles. The fraction of sp³-hybridized carbons (Fsp3) is 0.421. The summed E-state index contributed by atoms with van der Waals surface area (Å²) in [6.07, 6.45) is 0. The van der Waals surface area contributed by atoms with E-state index in [2.05, 4.69) is 47.0 Å². The molecule has 0 saturated heterocycles. The topological polar surface area (TPSA) is 52.7 Å². The van der Waals surface area contributed by atoms with Crippen molar-refractivity contribution in [2.24, 2.45) is 0 Å². The van der Waals surface area contributed by atoms with Crippen molar-refractivity contribution in [2.45, 2.75) is 52.4 Å². The molecule has 0 amide bonds. The number of carbonyl (C=O) groups is 1. The van der Waals surface area contributed by atoms with Crippen molar-refractivity contribution in [3.63, 3.8) is 0 Å². The molecule has 0 aromatic carbocycles. The van der Waals surface area contributed by atoms with Gasteiger partial charge >= 0.3 is 0 Å². The van der Waals surface area contributed by atoms with Crippen LogP contribution in [0.25, 0.3) is 10.7 Å². The van der Waals surface area contributed by atoms with Gasteiger partial charge in [0.2, 0.25) is 0 Å². The Bertz CT molecular complexity index is 907. The summed E-state index contributed by atoms with van der Waals surface area (Å²) in [6.45, 7) is 11.2. The molecule has 3 aromatic rings. The zero-order valence-corrected chi connectivity index (χ0v) is 17.4. The quantitative estimate of drug-likeness (QED) is 0.422. The third kappa shape index (κ3) is 3.50. The highest BCUT2D eigenvalue weighted by molar-refractivity contribution is 7.99. The molecular weight excluding hydrogens is 364 g/mol. The van der Waals surface area contributed by atoms with Gasteiger partial charge in [0.15, 0.2) is 16.8 Å². The van der Waals surface area contributed by atoms with Gasteiger partial charge in [-0.15, -0.1) is 21.5 Å². The standard InChI is InChI=1S/C19H24N4OS2/c1-6-22-18(17-8-7-9-25-17)20-21-19(22)26-11-16(24)15-10-13(4)23(12(2)3)14(15)5/h7-10,12H,6,11H2,1-5H3. The van der Waals surface area contributed by atoms with Crippen molar-refractivity contribution in [2.75, 3.05) is 5.75 Å². The predicted molar refractivity (Wildman–Crippen MR) is 108 cm³/mol. The van der Waals surface area contributed by atoms with Crippen LogP contribution in [0.4, 0.5) is 0 Å². The Kier molecular flexibility index (Phi) is 5.67. The first kappa shape index (κ1) is 18.9. The Morgan fingerprint density at radius 2 is 2.08 bits per heavy atom. The minimum atomic E-state index is 0.137. The number of nitrogens with zero attached hydrogens (tertiary/aromatic N) is 4. The molecule has 0 bridgehead atoms. The molecule has 0 aliphatic carbocycles. The summed E-state index contributed by atoms with van der Waals surface area (Å²) >= 11 is 3.11. The Balaban J connectivity index is 1.78. The zero-order valence-electron chi connectivity index (χ0n) is 15.8. The van der Waals surface area contributed by atoms with E-state index in [1.165, 1.54) is 11.8 Å². The van der Waals surface area contributed by atoms with E-state index in [0.29, 0.717) is 11.8 Å². The number of ketones is 1. The molecule has 138 valence electrons. The third-order valence-electron chi connectivity index (χ3n) is 4.41. The minimum absolute atomic E-state index is 0.137. The minimum Gasteiger partial charge on any atom is -0.346 e. The highest BCUT2D eigenvalue weighted by Crippen LogP contribution is 2.28. The first-order valence-electron chi connectivity index (χ1n) is 8.75. The monoisotopic (exact) mass is 388 g/mol. The van der Waals surface area contributed by atoms with Crippen molar-refractivity contribution < 1.29 is 4.79 Å². The van der Waals surface area contributed by atoms with E-state index in [1.807, 2.05) is 30.5 Å². The summed E-state index contributed by atoms with van der Waals surface area (Å²) in [5.74, 6) is 1.37. The molecule has 0 spiro atoms. The van der Waals surface area contributed by atoms with Crippen LogP contribution >= 0.6 is 23.1 Å². The molecule has 3 rings (SSSR count). The second-order valence-corrected chi connectivity index (χ2v) is 8.38. The Morgan fingerprint density at radius 1 is 1.31 bits per heavy atom. The summed E-state index contributed by atoms with van der Waals surface area (Å²) in [7, 11) is 0. The van der Waals surface area contributed by atoms with Crippen LogP contribution in [0.3, 0.4) is 0 Å². The Labute approximate surface area is 162 Å². The van der Waals surface area contributed by atoms with Gasteiger partial charge < -0.3 is 9.13 Å². The number of hydrogen-bond donors (Lipinski definition) is 0. The molecule has 0 N–H and O–H groups in total. The molecular formula is C19H24N4OS2. The number of thioether (sulfide) groups is 1. The molecule has 7 heteroatoms. The largest absolute Gasteiger partial charge is 0.346 e. The first-order valence-corrected chi connectivity index (χ1v) is 10.6. The van der Waals surface area contributed by atoms with Crippen molar-refractivity contribution in [3.05, 3.63) is 40.5 Å². The van der Waals surface area contributed by atoms with Crippen molar-refractivity contribution in [1.29, 1.82) is 0 Å². The molecule has 5 nitrogen and oxygen atoms in total. The van der Waals surface area contributed by atoms with Crippen molar-refractivity contribution >= 4 is 28.9 Å². The average Bonchev–Trinajstić information content (AvgIpc) is 3.30. The molecule has 0 aliphatic heterocycles. The van der Waals surface area contributed by atoms with E-state index >= 15 is 0 Å². The highest BCUT2D eigenvalue weighted by Gasteiger charge is 2.19. The lowest BCUT2D eigenvalue weighted by molar-refractivity contribution is 0.102. The van der Waals surface area contributed by atoms with Gasteiger partial charge in [-0.1, -0.05) is 17.8 Å². The van der Waals surface area contributed by atoms with E-state index < -0.39 is 0 Å². The van der Waals surface area contributed by atoms with Gasteiger partial charge in [-0.25, -0.2) is 0 Å². The van der Waals surface area contributed by atoms with Gasteiger partial charge in [-0.2, -0.15) is 0 Å². The number of hydrogen-bond acceptors (Lipinski definition) is 5. The van der Waals surface area contributed by atoms with Gasteiger partial charge in [-0.3, -0.25) is 4.79 Å². The normalized spacial score (nSPS) is 11.5. The summed E-state index contributed by atoms with van der Waals surface area (Å²) < 4.78 is 4.28. The lowest BCUT2D eigenvalue weighted by atomic mass is 10.2. The van der Waals surface area contributed by atoms with Gasteiger partial charge in [-0.05, 0) is 52.1 Å². The molecule has 0 fully saturated rings. The van der Waals surface area contributed by atoms with Gasteiger partial charge in [0, 0.05) is 29.5 Å². The zero-order chi connectivity index (χ0) is 18.8. The van der Waals surface area contributed by atoms with Crippen LogP contribution in [-0.2, 0) is 6.54 Å². The van der Waals surface area contributed by atoms with Crippen LogP contribution in [-0.4, -0.2) is 30.9 Å². The summed E-state index contributed by atoms with van der Waals surface area (Å²) in [5.41, 5.74) is 2.98. The van der Waals surface area contributed by atoms with Gasteiger partial charge in [0.25, 0.3) is 0 Å². The molecule has 0 aliphatic rings. The average molecular weight is 389 g/mol. The number of rotatable bonds is 7. The molecule has 3 aromatic heterocycles. The summed E-state index contributed by atoms with van der Waals surface area (Å²) in [4.78, 5) is 13.9. The van der Waals surface area contributed by atoms with E-state index in [9.17, 15) is 4.79 Å². The SMILES string of the molecule is CCn1c(SCC(=O)c2cc(C)n(C(C)C)c2C)nnc1-c1cccs1. The number of aryl methyl sites for hydroxylation is 1. The second kappa shape index (κ2) is 7.80. The van der Waals surface area contributed by atoms with Crippen LogP contribution in [0.5, 0.6) is 0 Å². The maximum absolute atomic E-state index is 12.8. The van der Waals surface area contributed by atoms with E-state index in [-0.39, 0.29) is 5.78 Å². The van der Waals surface area contributed by atoms with Crippen LogP contribution < -0.4 is 0 Å². The first-order chi connectivity index (χ1) is 12.4. The number of aromatic nitrogens is 4. The fourth-order valence-electron chi connectivity index (χ4n) is 3.33. The van der Waals surface area contributed by atoms with Gasteiger partial charge in [0.05, 0.1) is 10.6 Å². The maximum atomic E-state index is 12.8. The molecule has 0 unspecified atom stereocenters. The van der Waals surface area contributed by atoms with Crippen LogP contribution in [0.2, 0.25) is 0 Å². The molecule has 26 heavy (non-hydrogen) atoms. The summed E-state index contributed by atoms with van der Waals surface area (Å²) in [5, 5.41) is 11.5. The van der Waals surface area contributed by atoms with E-state index in [4.69, 9.17) is 0 Å². The smallest absolute Gasteiger partial charge is 0.191 e. The lowest BCUT2D eigenvalue weighted by Gasteiger charge is -2.13. The highest BCUT2D eigenvalue weighted by atomic mass is 32.2. The van der Waals surface area contributed by atoms with Crippen molar-refractivity contribution in [3.8, 4) is 10.7 Å².